The maximum absolute atomic E-state index is 10.1. The Morgan fingerprint density at radius 1 is 0.641 bits per heavy atom. The highest BCUT2D eigenvalue weighted by atomic mass is 16.5. The lowest BCUT2D eigenvalue weighted by Gasteiger charge is -2.37. The molecule has 196 valence electrons. The van der Waals surface area contributed by atoms with Gasteiger partial charge in [0.25, 0.3) is 0 Å². The smallest absolute Gasteiger partial charge is 0.119 e. The summed E-state index contributed by atoms with van der Waals surface area (Å²) in [5.41, 5.74) is 6.92. The van der Waals surface area contributed by atoms with Gasteiger partial charge in [-0.25, -0.2) is 0 Å². The first kappa shape index (κ1) is 25.9. The van der Waals surface area contributed by atoms with Gasteiger partial charge in [0.15, 0.2) is 0 Å². The van der Waals surface area contributed by atoms with Gasteiger partial charge in [-0.1, -0.05) is 67.6 Å². The zero-order valence-electron chi connectivity index (χ0n) is 22.5. The van der Waals surface area contributed by atoms with E-state index in [1.54, 1.807) is 31.4 Å². The molecule has 5 aromatic carbocycles. The minimum atomic E-state index is -0.607. The Balaban J connectivity index is 1.81. The number of aryl methyl sites for hydroxylation is 1. The van der Waals surface area contributed by atoms with E-state index >= 15 is 0 Å². The molecular formula is C35H33NO3. The van der Waals surface area contributed by atoms with Crippen LogP contribution in [-0.2, 0) is 11.8 Å². The number of methoxy groups -OCH3 is 1. The van der Waals surface area contributed by atoms with Crippen LogP contribution in [0.15, 0.2) is 121 Å². The number of anilines is 3. The highest BCUT2D eigenvalue weighted by molar-refractivity contribution is 5.82. The average Bonchev–Trinajstić information content (AvgIpc) is 2.98. The third kappa shape index (κ3) is 4.94. The molecule has 0 fully saturated rings. The molecule has 4 nitrogen and oxygen atoms in total. The van der Waals surface area contributed by atoms with Crippen LogP contribution in [0.2, 0.25) is 0 Å². The first-order chi connectivity index (χ1) is 19.0. The lowest BCUT2D eigenvalue weighted by atomic mass is 9.70. The summed E-state index contributed by atoms with van der Waals surface area (Å²) in [6, 6.07) is 39.9. The number of nitrogens with zero attached hydrogens (tertiary/aromatic N) is 1. The van der Waals surface area contributed by atoms with Gasteiger partial charge in [-0.3, -0.25) is 0 Å². The molecule has 0 atom stereocenters. The molecule has 0 saturated carbocycles. The fourth-order valence-electron chi connectivity index (χ4n) is 5.33. The van der Waals surface area contributed by atoms with E-state index in [2.05, 4.69) is 79.4 Å². The Hall–Kier alpha value is -4.70. The molecule has 39 heavy (non-hydrogen) atoms. The Kier molecular flexibility index (Phi) is 7.29. The molecular weight excluding hydrogens is 482 g/mol. The summed E-state index contributed by atoms with van der Waals surface area (Å²) in [5.74, 6) is 1.24. The zero-order chi connectivity index (χ0) is 27.4. The predicted octanol–water partition coefficient (Wildman–Crippen LogP) is 8.49. The molecule has 0 aromatic heterocycles. The number of rotatable bonds is 8. The van der Waals surface area contributed by atoms with Gasteiger partial charge in [0, 0.05) is 16.8 Å². The van der Waals surface area contributed by atoms with Gasteiger partial charge < -0.3 is 19.8 Å². The van der Waals surface area contributed by atoms with Crippen molar-refractivity contribution in [3.8, 4) is 17.2 Å². The Morgan fingerprint density at radius 3 is 1.69 bits per heavy atom. The molecule has 5 rings (SSSR count). The highest BCUT2D eigenvalue weighted by Gasteiger charge is 2.35. The Morgan fingerprint density at radius 2 is 1.15 bits per heavy atom. The molecule has 5 aromatic rings. The summed E-state index contributed by atoms with van der Waals surface area (Å²) in [6.07, 6.45) is 0.887. The van der Waals surface area contributed by atoms with Crippen LogP contribution in [0, 0.1) is 0 Å². The van der Waals surface area contributed by atoms with E-state index in [0.717, 1.165) is 45.9 Å². The van der Waals surface area contributed by atoms with Gasteiger partial charge in [-0.2, -0.15) is 0 Å². The van der Waals surface area contributed by atoms with Crippen LogP contribution < -0.4 is 9.64 Å². The van der Waals surface area contributed by atoms with E-state index in [4.69, 9.17) is 4.74 Å². The second-order valence-corrected chi connectivity index (χ2v) is 9.75. The van der Waals surface area contributed by atoms with Gasteiger partial charge >= 0.3 is 0 Å². The number of benzene rings is 5. The van der Waals surface area contributed by atoms with Crippen LogP contribution in [0.5, 0.6) is 17.2 Å². The predicted molar refractivity (Wildman–Crippen MR) is 159 cm³/mol. The van der Waals surface area contributed by atoms with Crippen molar-refractivity contribution in [2.24, 2.45) is 0 Å². The maximum atomic E-state index is 10.1. The summed E-state index contributed by atoms with van der Waals surface area (Å²) in [4.78, 5) is 2.31. The van der Waals surface area contributed by atoms with Crippen LogP contribution >= 0.6 is 0 Å². The van der Waals surface area contributed by atoms with Crippen LogP contribution in [-0.4, -0.2) is 17.3 Å². The molecule has 0 radical (unpaired) electrons. The fourth-order valence-corrected chi connectivity index (χ4v) is 5.33. The molecule has 2 N–H and O–H groups in total. The van der Waals surface area contributed by atoms with Gasteiger partial charge in [0.05, 0.1) is 12.8 Å². The van der Waals surface area contributed by atoms with Crippen LogP contribution in [0.4, 0.5) is 17.1 Å². The quantitative estimate of drug-likeness (QED) is 0.203. The lowest BCUT2D eigenvalue weighted by Crippen LogP contribution is -2.28. The van der Waals surface area contributed by atoms with Gasteiger partial charge in [0.1, 0.15) is 17.2 Å². The van der Waals surface area contributed by atoms with E-state index in [9.17, 15) is 10.2 Å². The second kappa shape index (κ2) is 11.0. The van der Waals surface area contributed by atoms with Crippen molar-refractivity contribution in [2.75, 3.05) is 12.0 Å². The average molecular weight is 516 g/mol. The van der Waals surface area contributed by atoms with Gasteiger partial charge in [-0.15, -0.1) is 0 Å². The molecule has 0 bridgehead atoms. The number of ether oxygens (including phenoxy) is 1. The van der Waals surface area contributed by atoms with Crippen molar-refractivity contribution in [1.29, 1.82) is 0 Å². The molecule has 0 aliphatic carbocycles. The number of hydrogen-bond donors (Lipinski definition) is 2. The highest BCUT2D eigenvalue weighted by Crippen LogP contribution is 2.48. The summed E-state index contributed by atoms with van der Waals surface area (Å²) >= 11 is 0. The van der Waals surface area contributed by atoms with Crippen molar-refractivity contribution in [3.63, 3.8) is 0 Å². The third-order valence-corrected chi connectivity index (χ3v) is 7.52. The van der Waals surface area contributed by atoms with Crippen molar-refractivity contribution in [1.82, 2.24) is 0 Å². The van der Waals surface area contributed by atoms with E-state index in [1.165, 1.54) is 5.56 Å². The minimum Gasteiger partial charge on any atom is -0.508 e. The van der Waals surface area contributed by atoms with E-state index < -0.39 is 5.41 Å². The largest absolute Gasteiger partial charge is 0.508 e. The minimum absolute atomic E-state index is 0.219. The SMILES string of the molecule is CCc1ccccc1N(c1ccc(OC)cc1)c1ccccc1C(C)(c1ccc(O)cc1)c1ccc(O)cc1. The first-order valence-corrected chi connectivity index (χ1v) is 13.2. The van der Waals surface area contributed by atoms with E-state index in [1.807, 2.05) is 36.4 Å². The number of phenolic OH excluding ortho intramolecular Hbond substituents is 2. The summed E-state index contributed by atoms with van der Waals surface area (Å²) in [5, 5.41) is 20.2. The summed E-state index contributed by atoms with van der Waals surface area (Å²) in [6.45, 7) is 4.37. The van der Waals surface area contributed by atoms with Crippen molar-refractivity contribution in [3.05, 3.63) is 144 Å². The molecule has 4 heteroatoms. The Labute approximate surface area is 230 Å². The molecule has 0 amide bonds. The molecule has 0 spiro atoms. The van der Waals surface area contributed by atoms with Crippen molar-refractivity contribution in [2.45, 2.75) is 25.7 Å². The monoisotopic (exact) mass is 515 g/mol. The summed E-state index contributed by atoms with van der Waals surface area (Å²) < 4.78 is 5.46. The first-order valence-electron chi connectivity index (χ1n) is 13.2. The number of hydrogen-bond acceptors (Lipinski definition) is 4. The zero-order valence-corrected chi connectivity index (χ0v) is 22.5. The van der Waals surface area contributed by atoms with E-state index in [0.29, 0.717) is 0 Å². The molecule has 0 aliphatic rings. The lowest BCUT2D eigenvalue weighted by molar-refractivity contribution is 0.415. The standard InChI is InChI=1S/C35H33NO3/c1-4-25-9-5-7-11-33(25)36(28-17-23-31(39-3)24-18-28)34-12-8-6-10-32(34)35(2,26-13-19-29(37)20-14-26)27-15-21-30(38)22-16-27/h5-24,37-38H,4H2,1-3H3. The van der Waals surface area contributed by atoms with Crippen molar-refractivity contribution < 1.29 is 14.9 Å². The second-order valence-electron chi connectivity index (χ2n) is 9.75. The van der Waals surface area contributed by atoms with E-state index in [-0.39, 0.29) is 11.5 Å². The number of phenols is 2. The summed E-state index contributed by atoms with van der Waals surface area (Å²) in [7, 11) is 1.68. The number of aromatic hydroxyl groups is 2. The molecule has 0 heterocycles. The Bertz CT molecular complexity index is 1500. The maximum Gasteiger partial charge on any atom is 0.119 e. The third-order valence-electron chi connectivity index (χ3n) is 7.52. The van der Waals surface area contributed by atoms with Gasteiger partial charge in [0.2, 0.25) is 0 Å². The van der Waals surface area contributed by atoms with Crippen LogP contribution in [0.25, 0.3) is 0 Å². The molecule has 0 saturated heterocycles. The molecule has 0 unspecified atom stereocenters. The normalized spacial score (nSPS) is 11.3. The van der Waals surface area contributed by atoms with Gasteiger partial charge in [-0.05, 0) is 96.3 Å². The van der Waals surface area contributed by atoms with Crippen LogP contribution in [0.1, 0.15) is 36.1 Å². The van der Waals surface area contributed by atoms with Crippen molar-refractivity contribution >= 4 is 17.1 Å². The fraction of sp³-hybridized carbons (Fsp3) is 0.143. The topological polar surface area (TPSA) is 52.9 Å². The van der Waals surface area contributed by atoms with Crippen LogP contribution in [0.3, 0.4) is 0 Å². The molecule has 0 aliphatic heterocycles. The number of para-hydroxylation sites is 2.